The van der Waals surface area contributed by atoms with Gasteiger partial charge in [0.2, 0.25) is 0 Å². The van der Waals surface area contributed by atoms with Gasteiger partial charge in [0.05, 0.1) is 12.0 Å². The monoisotopic (exact) mass is 298 g/mol. The van der Waals surface area contributed by atoms with Crippen LogP contribution in [0, 0.1) is 5.92 Å². The molecule has 2 unspecified atom stereocenters. The van der Waals surface area contributed by atoms with Gasteiger partial charge in [-0.25, -0.2) is 4.79 Å². The summed E-state index contributed by atoms with van der Waals surface area (Å²) in [7, 11) is 0. The molecule has 0 saturated heterocycles. The number of hydrogen-bond donors (Lipinski definition) is 3. The van der Waals surface area contributed by atoms with Crippen molar-refractivity contribution in [1.82, 2.24) is 10.6 Å². The van der Waals surface area contributed by atoms with Crippen molar-refractivity contribution in [2.45, 2.75) is 39.2 Å². The van der Waals surface area contributed by atoms with Gasteiger partial charge in [-0.15, -0.1) is 11.3 Å². The lowest BCUT2D eigenvalue weighted by atomic mass is 10.1. The van der Waals surface area contributed by atoms with E-state index in [4.69, 9.17) is 5.11 Å². The number of carbonyl (C=O) groups excluding carboxylic acids is 1. The highest BCUT2D eigenvalue weighted by Crippen LogP contribution is 2.21. The highest BCUT2D eigenvalue weighted by molar-refractivity contribution is 7.10. The van der Waals surface area contributed by atoms with Crippen LogP contribution in [-0.4, -0.2) is 23.7 Å². The van der Waals surface area contributed by atoms with E-state index in [0.29, 0.717) is 19.4 Å². The molecule has 0 aliphatic carbocycles. The average molecular weight is 298 g/mol. The number of rotatable bonds is 8. The number of thiophene rings is 1. The summed E-state index contributed by atoms with van der Waals surface area (Å²) in [5.74, 6) is -1.16. The van der Waals surface area contributed by atoms with Crippen LogP contribution in [-0.2, 0) is 4.79 Å². The molecule has 112 valence electrons. The minimum absolute atomic E-state index is 0.0351. The Labute approximate surface area is 123 Å². The van der Waals surface area contributed by atoms with Crippen LogP contribution >= 0.6 is 11.3 Å². The maximum atomic E-state index is 11.8. The van der Waals surface area contributed by atoms with Crippen molar-refractivity contribution in [1.29, 1.82) is 0 Å². The Morgan fingerprint density at radius 3 is 2.75 bits per heavy atom. The normalized spacial score (nSPS) is 13.5. The number of carbonyl (C=O) groups is 2. The molecule has 5 nitrogen and oxygen atoms in total. The molecule has 3 N–H and O–H groups in total. The van der Waals surface area contributed by atoms with Gasteiger partial charge in [0.25, 0.3) is 0 Å². The maximum absolute atomic E-state index is 11.8. The van der Waals surface area contributed by atoms with Crippen LogP contribution < -0.4 is 10.6 Å². The number of carboxylic acid groups (broad SMARTS) is 1. The van der Waals surface area contributed by atoms with Gasteiger partial charge in [0, 0.05) is 11.4 Å². The fraction of sp³-hybridized carbons (Fsp3) is 0.571. The summed E-state index contributed by atoms with van der Waals surface area (Å²) in [6.07, 6.45) is 2.07. The van der Waals surface area contributed by atoms with E-state index >= 15 is 0 Å². The third-order valence-electron chi connectivity index (χ3n) is 3.12. The lowest BCUT2D eigenvalue weighted by Crippen LogP contribution is -2.38. The molecule has 1 rings (SSSR count). The van der Waals surface area contributed by atoms with E-state index in [2.05, 4.69) is 10.6 Å². The Kier molecular flexibility index (Phi) is 7.08. The fourth-order valence-electron chi connectivity index (χ4n) is 1.81. The molecule has 0 aromatic carbocycles. The third kappa shape index (κ3) is 5.61. The lowest BCUT2D eigenvalue weighted by Gasteiger charge is -2.16. The zero-order valence-corrected chi connectivity index (χ0v) is 12.7. The second-order valence-electron chi connectivity index (χ2n) is 4.76. The second-order valence-corrected chi connectivity index (χ2v) is 5.74. The van der Waals surface area contributed by atoms with Crippen molar-refractivity contribution in [3.8, 4) is 0 Å². The van der Waals surface area contributed by atoms with E-state index in [1.807, 2.05) is 24.4 Å². The first-order chi connectivity index (χ1) is 9.54. The van der Waals surface area contributed by atoms with E-state index < -0.39 is 5.97 Å². The molecule has 2 atom stereocenters. The van der Waals surface area contributed by atoms with Crippen LogP contribution in [0.1, 0.15) is 44.0 Å². The quantitative estimate of drug-likeness (QED) is 0.646. The van der Waals surface area contributed by atoms with E-state index in [1.54, 1.807) is 18.3 Å². The highest BCUT2D eigenvalue weighted by atomic mass is 32.1. The van der Waals surface area contributed by atoms with Gasteiger partial charge in [-0.1, -0.05) is 19.9 Å². The van der Waals surface area contributed by atoms with Gasteiger partial charge < -0.3 is 15.7 Å². The highest BCUT2D eigenvalue weighted by Gasteiger charge is 2.13. The summed E-state index contributed by atoms with van der Waals surface area (Å²) in [6.45, 7) is 4.19. The Morgan fingerprint density at radius 1 is 1.45 bits per heavy atom. The zero-order valence-electron chi connectivity index (χ0n) is 11.9. The number of carboxylic acids is 1. The molecule has 0 fully saturated rings. The van der Waals surface area contributed by atoms with Crippen molar-refractivity contribution >= 4 is 23.3 Å². The Morgan fingerprint density at radius 2 is 2.20 bits per heavy atom. The first-order valence-corrected chi connectivity index (χ1v) is 7.73. The molecule has 0 bridgehead atoms. The molecule has 1 aromatic heterocycles. The van der Waals surface area contributed by atoms with Crippen LogP contribution in [0.15, 0.2) is 17.5 Å². The van der Waals surface area contributed by atoms with Gasteiger partial charge in [-0.3, -0.25) is 4.79 Å². The standard InChI is InChI=1S/C14H22N2O3S/c1-3-11(12-7-5-9-20-12)16-14(19)15-8-4-6-10(2)13(17)18/h5,7,9-11H,3-4,6,8H2,1-2H3,(H,17,18)(H2,15,16,19). The topological polar surface area (TPSA) is 78.4 Å². The van der Waals surface area contributed by atoms with Gasteiger partial charge in [0.15, 0.2) is 0 Å². The van der Waals surface area contributed by atoms with Crippen LogP contribution in [0.5, 0.6) is 0 Å². The first kappa shape index (κ1) is 16.5. The van der Waals surface area contributed by atoms with E-state index in [1.165, 1.54) is 0 Å². The molecular weight excluding hydrogens is 276 g/mol. The Balaban J connectivity index is 2.24. The van der Waals surface area contributed by atoms with Crippen molar-refractivity contribution in [2.24, 2.45) is 5.92 Å². The Bertz CT molecular complexity index is 420. The number of amides is 2. The van der Waals surface area contributed by atoms with Gasteiger partial charge >= 0.3 is 12.0 Å². The average Bonchev–Trinajstić information content (AvgIpc) is 2.94. The lowest BCUT2D eigenvalue weighted by molar-refractivity contribution is -0.141. The molecule has 20 heavy (non-hydrogen) atoms. The number of nitrogens with one attached hydrogen (secondary N) is 2. The SMILES string of the molecule is CCC(NC(=O)NCCCC(C)C(=O)O)c1cccs1. The van der Waals surface area contributed by atoms with Crippen molar-refractivity contribution in [3.63, 3.8) is 0 Å². The largest absolute Gasteiger partial charge is 0.481 e. The predicted molar refractivity (Wildman–Crippen MR) is 79.9 cm³/mol. The molecule has 2 amide bonds. The molecule has 0 aliphatic rings. The van der Waals surface area contributed by atoms with Crippen LogP contribution in [0.3, 0.4) is 0 Å². The summed E-state index contributed by atoms with van der Waals surface area (Å²) in [6, 6.07) is 3.81. The van der Waals surface area contributed by atoms with Crippen molar-refractivity contribution in [3.05, 3.63) is 22.4 Å². The molecule has 0 radical (unpaired) electrons. The molecule has 0 aliphatic heterocycles. The summed E-state index contributed by atoms with van der Waals surface area (Å²) >= 11 is 1.63. The van der Waals surface area contributed by atoms with E-state index in [9.17, 15) is 9.59 Å². The number of hydrogen-bond acceptors (Lipinski definition) is 3. The molecule has 1 heterocycles. The van der Waals surface area contributed by atoms with Crippen molar-refractivity contribution in [2.75, 3.05) is 6.54 Å². The summed E-state index contributed by atoms with van der Waals surface area (Å²) in [5, 5.41) is 16.4. The number of aliphatic carboxylic acids is 1. The maximum Gasteiger partial charge on any atom is 0.315 e. The number of urea groups is 1. The van der Waals surface area contributed by atoms with Crippen LogP contribution in [0.4, 0.5) is 4.79 Å². The van der Waals surface area contributed by atoms with Crippen molar-refractivity contribution < 1.29 is 14.7 Å². The van der Waals surface area contributed by atoms with E-state index in [-0.39, 0.29) is 18.0 Å². The Hall–Kier alpha value is -1.56. The summed E-state index contributed by atoms with van der Waals surface area (Å²) in [5.41, 5.74) is 0. The third-order valence-corrected chi connectivity index (χ3v) is 4.11. The van der Waals surface area contributed by atoms with Crippen LogP contribution in [0.25, 0.3) is 0 Å². The molecule has 1 aromatic rings. The van der Waals surface area contributed by atoms with Crippen LogP contribution in [0.2, 0.25) is 0 Å². The first-order valence-electron chi connectivity index (χ1n) is 6.85. The molecule has 0 saturated carbocycles. The zero-order chi connectivity index (χ0) is 15.0. The fourth-order valence-corrected chi connectivity index (χ4v) is 2.67. The van der Waals surface area contributed by atoms with Gasteiger partial charge in [0.1, 0.15) is 0 Å². The smallest absolute Gasteiger partial charge is 0.315 e. The van der Waals surface area contributed by atoms with Gasteiger partial charge in [-0.2, -0.15) is 0 Å². The second kappa shape index (κ2) is 8.58. The summed E-state index contributed by atoms with van der Waals surface area (Å²) in [4.78, 5) is 23.5. The molecule has 6 heteroatoms. The van der Waals surface area contributed by atoms with E-state index in [0.717, 1.165) is 11.3 Å². The minimum Gasteiger partial charge on any atom is -0.481 e. The predicted octanol–water partition coefficient (Wildman–Crippen LogP) is 3.00. The van der Waals surface area contributed by atoms with Gasteiger partial charge in [-0.05, 0) is 30.7 Å². The summed E-state index contributed by atoms with van der Waals surface area (Å²) < 4.78 is 0. The minimum atomic E-state index is -0.793. The molecular formula is C14H22N2O3S. The molecule has 0 spiro atoms.